The molecule has 0 unspecified atom stereocenters. The highest BCUT2D eigenvalue weighted by Gasteiger charge is 2.23. The van der Waals surface area contributed by atoms with Crippen LogP contribution in [0.25, 0.3) is 6.08 Å². The first kappa shape index (κ1) is 17.2. The minimum absolute atomic E-state index is 0.0265. The maximum atomic E-state index is 11.5. The van der Waals surface area contributed by atoms with E-state index in [1.54, 1.807) is 6.92 Å². The number of ether oxygens (including phenoxy) is 3. The lowest BCUT2D eigenvalue weighted by molar-refractivity contribution is -0.419. The maximum absolute atomic E-state index is 11.5. The van der Waals surface area contributed by atoms with Crippen molar-refractivity contribution in [1.82, 2.24) is 0 Å². The summed E-state index contributed by atoms with van der Waals surface area (Å²) in [5, 5.41) is 10.9. The lowest BCUT2D eigenvalue weighted by Gasteiger charge is -2.08. The van der Waals surface area contributed by atoms with Crippen LogP contribution in [0.3, 0.4) is 0 Å². The number of hydrogen-bond acceptors (Lipinski definition) is 7. The molecule has 0 aliphatic carbocycles. The fraction of sp³-hybridized carbons (Fsp3) is 0.286. The molecule has 0 saturated carbocycles. The second-order valence-corrected chi connectivity index (χ2v) is 4.01. The van der Waals surface area contributed by atoms with Crippen LogP contribution in [0.5, 0.6) is 11.5 Å². The Kier molecular flexibility index (Phi) is 6.06. The Morgan fingerprint density at radius 1 is 1.32 bits per heavy atom. The fourth-order valence-electron chi connectivity index (χ4n) is 1.56. The van der Waals surface area contributed by atoms with E-state index in [2.05, 4.69) is 4.74 Å². The monoisotopic (exact) mass is 309 g/mol. The molecular formula is C14H15NO7. The van der Waals surface area contributed by atoms with Gasteiger partial charge in [-0.2, -0.15) is 0 Å². The number of carbonyl (C=O) groups is 2. The minimum atomic E-state index is -1.03. The summed E-state index contributed by atoms with van der Waals surface area (Å²) in [6.45, 7) is 2.81. The molecule has 1 aromatic rings. The number of methoxy groups -OCH3 is 1. The van der Waals surface area contributed by atoms with Gasteiger partial charge < -0.3 is 14.2 Å². The van der Waals surface area contributed by atoms with Crippen LogP contribution in [0.2, 0.25) is 0 Å². The molecule has 8 heteroatoms. The highest BCUT2D eigenvalue weighted by molar-refractivity contribution is 5.91. The molecule has 0 radical (unpaired) electrons. The molecule has 0 spiro atoms. The van der Waals surface area contributed by atoms with Crippen LogP contribution in [0.4, 0.5) is 0 Å². The molecule has 8 nitrogen and oxygen atoms in total. The van der Waals surface area contributed by atoms with Crippen LogP contribution in [0.1, 0.15) is 19.4 Å². The largest absolute Gasteiger partial charge is 0.493 e. The zero-order chi connectivity index (χ0) is 16.7. The van der Waals surface area contributed by atoms with Gasteiger partial charge in [-0.3, -0.25) is 14.9 Å². The van der Waals surface area contributed by atoms with E-state index in [1.165, 1.54) is 32.2 Å². The highest BCUT2D eigenvalue weighted by atomic mass is 16.6. The molecule has 0 amide bonds. The molecule has 22 heavy (non-hydrogen) atoms. The SMILES string of the molecule is CCOC(=O)C(=Cc1ccc(OC(C)=O)c(OC)c1)[N+](=O)[O-]. The van der Waals surface area contributed by atoms with Crippen molar-refractivity contribution in [3.63, 3.8) is 0 Å². The quantitative estimate of drug-likeness (QED) is 0.259. The van der Waals surface area contributed by atoms with E-state index in [0.717, 1.165) is 6.08 Å². The topological polar surface area (TPSA) is 105 Å². The van der Waals surface area contributed by atoms with Gasteiger partial charge in [0, 0.05) is 13.0 Å². The van der Waals surface area contributed by atoms with E-state index >= 15 is 0 Å². The van der Waals surface area contributed by atoms with E-state index < -0.39 is 22.6 Å². The van der Waals surface area contributed by atoms with Crippen molar-refractivity contribution >= 4 is 18.0 Å². The Balaban J connectivity index is 3.19. The van der Waals surface area contributed by atoms with Gasteiger partial charge in [-0.05, 0) is 24.6 Å². The summed E-state index contributed by atoms with van der Waals surface area (Å²) >= 11 is 0. The summed E-state index contributed by atoms with van der Waals surface area (Å²) in [6, 6.07) is 4.26. The van der Waals surface area contributed by atoms with Gasteiger partial charge in [-0.15, -0.1) is 0 Å². The molecule has 1 rings (SSSR count). The van der Waals surface area contributed by atoms with Gasteiger partial charge in [0.2, 0.25) is 0 Å². The predicted molar refractivity (Wildman–Crippen MR) is 75.9 cm³/mol. The average molecular weight is 309 g/mol. The number of hydrogen-bond donors (Lipinski definition) is 0. The highest BCUT2D eigenvalue weighted by Crippen LogP contribution is 2.29. The zero-order valence-electron chi connectivity index (χ0n) is 12.3. The number of carbonyl (C=O) groups excluding carboxylic acids is 2. The number of rotatable bonds is 6. The van der Waals surface area contributed by atoms with Crippen molar-refractivity contribution in [1.29, 1.82) is 0 Å². The molecule has 0 heterocycles. The Hall–Kier alpha value is -2.90. The van der Waals surface area contributed by atoms with Crippen molar-refractivity contribution in [3.05, 3.63) is 39.6 Å². The van der Waals surface area contributed by atoms with Crippen LogP contribution in [-0.2, 0) is 14.3 Å². The Labute approximate surface area is 126 Å². The number of benzene rings is 1. The summed E-state index contributed by atoms with van der Waals surface area (Å²) in [5.74, 6) is -1.18. The molecule has 0 N–H and O–H groups in total. The van der Waals surface area contributed by atoms with E-state index in [0.29, 0.717) is 5.56 Å². The molecular weight excluding hydrogens is 294 g/mol. The third kappa shape index (κ3) is 4.58. The molecule has 0 fully saturated rings. The summed E-state index contributed by atoms with van der Waals surface area (Å²) in [4.78, 5) is 32.6. The molecule has 0 aliphatic rings. The van der Waals surface area contributed by atoms with E-state index in [4.69, 9.17) is 9.47 Å². The lowest BCUT2D eigenvalue weighted by atomic mass is 10.1. The summed E-state index contributed by atoms with van der Waals surface area (Å²) in [7, 11) is 1.36. The molecule has 0 aliphatic heterocycles. The lowest BCUT2D eigenvalue weighted by Crippen LogP contribution is -2.14. The van der Waals surface area contributed by atoms with Crippen molar-refractivity contribution in [3.8, 4) is 11.5 Å². The molecule has 0 atom stereocenters. The van der Waals surface area contributed by atoms with E-state index in [-0.39, 0.29) is 18.1 Å². The summed E-state index contributed by atoms with van der Waals surface area (Å²) in [5.41, 5.74) is -0.378. The normalized spacial score (nSPS) is 10.8. The number of esters is 2. The third-order valence-corrected chi connectivity index (χ3v) is 2.43. The molecule has 0 aromatic heterocycles. The van der Waals surface area contributed by atoms with Gasteiger partial charge in [-0.25, -0.2) is 4.79 Å². The van der Waals surface area contributed by atoms with Gasteiger partial charge in [0.1, 0.15) is 0 Å². The van der Waals surface area contributed by atoms with Crippen LogP contribution in [0.15, 0.2) is 23.9 Å². The van der Waals surface area contributed by atoms with E-state index in [1.807, 2.05) is 0 Å². The number of nitrogens with zero attached hydrogens (tertiary/aromatic N) is 1. The molecule has 1 aromatic carbocycles. The van der Waals surface area contributed by atoms with Crippen molar-refractivity contribution in [2.75, 3.05) is 13.7 Å². The Bertz CT molecular complexity index is 622. The average Bonchev–Trinajstić information content (AvgIpc) is 2.45. The van der Waals surface area contributed by atoms with Gasteiger partial charge in [0.15, 0.2) is 11.5 Å². The molecule has 0 bridgehead atoms. The van der Waals surface area contributed by atoms with Gasteiger partial charge in [-0.1, -0.05) is 6.07 Å². The first-order valence-corrected chi connectivity index (χ1v) is 6.28. The standard InChI is InChI=1S/C14H15NO7/c1-4-21-14(17)11(15(18)19)7-10-5-6-12(22-9(2)16)13(8-10)20-3/h5-8H,4H2,1-3H3. The Morgan fingerprint density at radius 2 is 2.00 bits per heavy atom. The smallest absolute Gasteiger partial charge is 0.409 e. The fourth-order valence-corrected chi connectivity index (χ4v) is 1.56. The van der Waals surface area contributed by atoms with Crippen LogP contribution in [0, 0.1) is 10.1 Å². The molecule has 0 saturated heterocycles. The minimum Gasteiger partial charge on any atom is -0.493 e. The Morgan fingerprint density at radius 3 is 2.50 bits per heavy atom. The summed E-state index contributed by atoms with van der Waals surface area (Å²) < 4.78 is 14.6. The van der Waals surface area contributed by atoms with Crippen LogP contribution in [-0.4, -0.2) is 30.6 Å². The third-order valence-electron chi connectivity index (χ3n) is 2.43. The predicted octanol–water partition coefficient (Wildman–Crippen LogP) is 1.80. The van der Waals surface area contributed by atoms with Crippen molar-refractivity contribution < 1.29 is 28.7 Å². The van der Waals surface area contributed by atoms with Gasteiger partial charge in [0.25, 0.3) is 0 Å². The molecule has 118 valence electrons. The maximum Gasteiger partial charge on any atom is 0.409 e. The van der Waals surface area contributed by atoms with Crippen LogP contribution >= 0.6 is 0 Å². The van der Waals surface area contributed by atoms with Gasteiger partial charge in [0.05, 0.1) is 18.6 Å². The second kappa shape index (κ2) is 7.77. The zero-order valence-corrected chi connectivity index (χ0v) is 12.3. The van der Waals surface area contributed by atoms with Crippen molar-refractivity contribution in [2.24, 2.45) is 0 Å². The first-order chi connectivity index (χ1) is 10.4. The summed E-state index contributed by atoms with van der Waals surface area (Å²) in [6.07, 6.45) is 1.05. The van der Waals surface area contributed by atoms with Crippen LogP contribution < -0.4 is 9.47 Å². The van der Waals surface area contributed by atoms with Crippen molar-refractivity contribution in [2.45, 2.75) is 13.8 Å². The van der Waals surface area contributed by atoms with Gasteiger partial charge >= 0.3 is 17.6 Å². The van der Waals surface area contributed by atoms with E-state index in [9.17, 15) is 19.7 Å². The number of nitro groups is 1. The second-order valence-electron chi connectivity index (χ2n) is 4.01. The first-order valence-electron chi connectivity index (χ1n) is 6.28.